The predicted octanol–water partition coefficient (Wildman–Crippen LogP) is 1.93. The van der Waals surface area contributed by atoms with Crippen LogP contribution < -0.4 is 10.2 Å². The van der Waals surface area contributed by atoms with Gasteiger partial charge in [0.2, 0.25) is 0 Å². The largest absolute Gasteiger partial charge is 0.437 e. The van der Waals surface area contributed by atoms with Gasteiger partial charge < -0.3 is 9.73 Å². The Balaban J connectivity index is 1.32. The summed E-state index contributed by atoms with van der Waals surface area (Å²) in [6.45, 7) is 0. The summed E-state index contributed by atoms with van der Waals surface area (Å²) in [7, 11) is 1.66. The fourth-order valence-electron chi connectivity index (χ4n) is 3.92. The van der Waals surface area contributed by atoms with E-state index in [0.29, 0.717) is 18.0 Å². The molecular formula is C21H19N5O3. The number of carbonyl (C=O) groups is 2. The summed E-state index contributed by atoms with van der Waals surface area (Å²) in [6, 6.07) is 9.14. The van der Waals surface area contributed by atoms with Crippen molar-refractivity contribution in [2.45, 2.75) is 24.8 Å². The fraction of sp³-hybridized carbons (Fsp3) is 0.286. The summed E-state index contributed by atoms with van der Waals surface area (Å²) in [5, 5.41) is 2.82. The lowest BCUT2D eigenvalue weighted by Crippen LogP contribution is -2.48. The molecule has 2 amide bonds. The van der Waals surface area contributed by atoms with Crippen LogP contribution >= 0.6 is 0 Å². The molecule has 5 rings (SSSR count). The van der Waals surface area contributed by atoms with E-state index in [1.807, 2.05) is 30.3 Å². The Morgan fingerprint density at radius 2 is 2.00 bits per heavy atom. The highest BCUT2D eigenvalue weighted by atomic mass is 16.4. The Kier molecular flexibility index (Phi) is 4.12. The van der Waals surface area contributed by atoms with Crippen LogP contribution in [0.5, 0.6) is 0 Å². The highest BCUT2D eigenvalue weighted by Gasteiger charge is 2.53. The van der Waals surface area contributed by atoms with Crippen molar-refractivity contribution < 1.29 is 14.0 Å². The summed E-state index contributed by atoms with van der Waals surface area (Å²) < 4.78 is 5.62. The number of benzene rings is 1. The maximum Gasteiger partial charge on any atom is 0.307 e. The third kappa shape index (κ3) is 3.16. The molecular weight excluding hydrogens is 370 g/mol. The molecule has 0 saturated heterocycles. The molecule has 0 spiro atoms. The van der Waals surface area contributed by atoms with E-state index >= 15 is 0 Å². The number of aromatic nitrogens is 3. The Morgan fingerprint density at radius 3 is 2.83 bits per heavy atom. The van der Waals surface area contributed by atoms with Crippen molar-refractivity contribution in [3.63, 3.8) is 0 Å². The molecule has 0 bridgehead atoms. The van der Waals surface area contributed by atoms with Crippen LogP contribution in [0.4, 0.5) is 5.82 Å². The molecule has 1 N–H and O–H groups in total. The van der Waals surface area contributed by atoms with Crippen LogP contribution in [0.25, 0.3) is 0 Å². The van der Waals surface area contributed by atoms with Crippen LogP contribution in [-0.4, -0.2) is 39.9 Å². The maximum absolute atomic E-state index is 13.0. The molecule has 3 heterocycles. The topological polar surface area (TPSA) is 101 Å². The van der Waals surface area contributed by atoms with Crippen LogP contribution in [0.3, 0.4) is 0 Å². The maximum atomic E-state index is 13.0. The normalized spacial score (nSPS) is 22.4. The SMILES string of the molecule is CN1C(=O)[C@@H](NC(=O)c2ncc(Cc3ccccc3)o2)C2CC2c2nccnc21. The van der Waals surface area contributed by atoms with E-state index in [0.717, 1.165) is 17.7 Å². The molecule has 3 atom stereocenters. The van der Waals surface area contributed by atoms with Gasteiger partial charge in [-0.15, -0.1) is 0 Å². The van der Waals surface area contributed by atoms with Crippen LogP contribution in [0.2, 0.25) is 0 Å². The zero-order valence-electron chi connectivity index (χ0n) is 15.8. The van der Waals surface area contributed by atoms with E-state index in [-0.39, 0.29) is 23.6 Å². The molecule has 8 heteroatoms. The zero-order chi connectivity index (χ0) is 20.0. The summed E-state index contributed by atoms with van der Waals surface area (Å²) in [4.78, 5) is 39.9. The van der Waals surface area contributed by atoms with Gasteiger partial charge in [0.05, 0.1) is 11.9 Å². The Morgan fingerprint density at radius 1 is 1.21 bits per heavy atom. The first-order valence-corrected chi connectivity index (χ1v) is 9.50. The van der Waals surface area contributed by atoms with Gasteiger partial charge in [-0.2, -0.15) is 0 Å². The number of hydrogen-bond acceptors (Lipinski definition) is 6. The number of likely N-dealkylation sites (N-methyl/N-ethyl adjacent to an activating group) is 1. The highest BCUT2D eigenvalue weighted by molar-refractivity contribution is 6.02. The van der Waals surface area contributed by atoms with Crippen LogP contribution in [0.15, 0.2) is 53.3 Å². The van der Waals surface area contributed by atoms with Gasteiger partial charge in [-0.1, -0.05) is 30.3 Å². The van der Waals surface area contributed by atoms with Crippen LogP contribution in [-0.2, 0) is 11.2 Å². The second-order valence-electron chi connectivity index (χ2n) is 7.41. The van der Waals surface area contributed by atoms with Gasteiger partial charge in [0, 0.05) is 31.8 Å². The van der Waals surface area contributed by atoms with Crippen molar-refractivity contribution in [1.82, 2.24) is 20.3 Å². The Labute approximate surface area is 167 Å². The number of anilines is 1. The number of carbonyl (C=O) groups excluding carboxylic acids is 2. The summed E-state index contributed by atoms with van der Waals surface area (Å²) >= 11 is 0. The molecule has 1 saturated carbocycles. The van der Waals surface area contributed by atoms with E-state index < -0.39 is 11.9 Å². The molecule has 3 aromatic rings. The monoisotopic (exact) mass is 389 g/mol. The van der Waals surface area contributed by atoms with Gasteiger partial charge in [0.15, 0.2) is 5.82 Å². The van der Waals surface area contributed by atoms with Crippen molar-refractivity contribution in [1.29, 1.82) is 0 Å². The number of hydrogen-bond donors (Lipinski definition) is 1. The number of oxazole rings is 1. The van der Waals surface area contributed by atoms with Gasteiger partial charge in [-0.3, -0.25) is 19.5 Å². The number of fused-ring (bicyclic) bond motifs is 3. The van der Waals surface area contributed by atoms with Crippen LogP contribution in [0.1, 0.15) is 40.0 Å². The average molecular weight is 389 g/mol. The first-order chi connectivity index (χ1) is 14.1. The standard InChI is InChI=1S/C21H19N5O3/c1-26-18-16(22-7-8-23-18)14-10-15(14)17(21(26)28)25-19(27)20-24-11-13(29-20)9-12-5-3-2-4-6-12/h2-8,11,14-15,17H,9-10H2,1H3,(H,25,27)/t14?,15?,17-/m0/s1. The third-order valence-electron chi connectivity index (χ3n) is 5.50. The highest BCUT2D eigenvalue weighted by Crippen LogP contribution is 2.53. The second-order valence-corrected chi connectivity index (χ2v) is 7.41. The summed E-state index contributed by atoms with van der Waals surface area (Å²) in [6.07, 6.45) is 6.09. The van der Waals surface area contributed by atoms with E-state index in [2.05, 4.69) is 20.3 Å². The number of nitrogens with zero attached hydrogens (tertiary/aromatic N) is 4. The summed E-state index contributed by atoms with van der Waals surface area (Å²) in [5.74, 6) is 0.539. The Bertz CT molecular complexity index is 1080. The van der Waals surface area contributed by atoms with Crippen molar-refractivity contribution >= 4 is 17.6 Å². The predicted molar refractivity (Wildman–Crippen MR) is 103 cm³/mol. The van der Waals surface area contributed by atoms with Gasteiger partial charge in [-0.05, 0) is 17.9 Å². The molecule has 1 aliphatic carbocycles. The molecule has 29 heavy (non-hydrogen) atoms. The van der Waals surface area contributed by atoms with Gasteiger partial charge in [0.25, 0.3) is 11.8 Å². The molecule has 8 nitrogen and oxygen atoms in total. The van der Waals surface area contributed by atoms with E-state index in [1.54, 1.807) is 25.6 Å². The number of amides is 2. The molecule has 2 aliphatic rings. The van der Waals surface area contributed by atoms with Gasteiger partial charge in [0.1, 0.15) is 11.8 Å². The van der Waals surface area contributed by atoms with Crippen molar-refractivity contribution in [3.05, 3.63) is 71.8 Å². The van der Waals surface area contributed by atoms with E-state index in [9.17, 15) is 9.59 Å². The Hall–Kier alpha value is -3.55. The molecule has 0 radical (unpaired) electrons. The van der Waals surface area contributed by atoms with Crippen LogP contribution in [0, 0.1) is 5.92 Å². The molecule has 146 valence electrons. The molecule has 1 aromatic carbocycles. The average Bonchev–Trinajstić information content (AvgIpc) is 3.41. The second kappa shape index (κ2) is 6.80. The quantitative estimate of drug-likeness (QED) is 0.732. The summed E-state index contributed by atoms with van der Waals surface area (Å²) in [5.41, 5.74) is 1.88. The lowest BCUT2D eigenvalue weighted by atomic mass is 10.1. The van der Waals surface area contributed by atoms with E-state index in [1.165, 1.54) is 4.90 Å². The number of rotatable bonds is 4. The first kappa shape index (κ1) is 17.5. The van der Waals surface area contributed by atoms with Gasteiger partial charge in [-0.25, -0.2) is 9.97 Å². The fourth-order valence-corrected chi connectivity index (χ4v) is 3.92. The lowest BCUT2D eigenvalue weighted by molar-refractivity contribution is -0.120. The van der Waals surface area contributed by atoms with Gasteiger partial charge >= 0.3 is 5.91 Å². The minimum Gasteiger partial charge on any atom is -0.437 e. The molecule has 1 aliphatic heterocycles. The minimum absolute atomic E-state index is 0.00519. The van der Waals surface area contributed by atoms with Crippen molar-refractivity contribution in [2.75, 3.05) is 11.9 Å². The zero-order valence-corrected chi connectivity index (χ0v) is 15.8. The van der Waals surface area contributed by atoms with E-state index in [4.69, 9.17) is 4.42 Å². The molecule has 1 fully saturated rings. The van der Waals surface area contributed by atoms with Crippen molar-refractivity contribution in [3.8, 4) is 0 Å². The number of nitrogens with one attached hydrogen (secondary N) is 1. The molecule has 2 aromatic heterocycles. The molecule has 2 unspecified atom stereocenters. The smallest absolute Gasteiger partial charge is 0.307 e. The lowest BCUT2D eigenvalue weighted by Gasteiger charge is -2.22. The first-order valence-electron chi connectivity index (χ1n) is 9.50. The third-order valence-corrected chi connectivity index (χ3v) is 5.50. The minimum atomic E-state index is -0.655. The van der Waals surface area contributed by atoms with Crippen molar-refractivity contribution in [2.24, 2.45) is 5.92 Å².